The minimum absolute atomic E-state index is 0.0882. The molecule has 1 atom stereocenters. The number of likely N-dealkylation sites (tertiary alicyclic amines) is 1. The van der Waals surface area contributed by atoms with E-state index in [0.717, 1.165) is 24.8 Å². The first kappa shape index (κ1) is 18.0. The number of benzene rings is 1. The van der Waals surface area contributed by atoms with Crippen LogP contribution in [0, 0.1) is 6.92 Å². The van der Waals surface area contributed by atoms with Gasteiger partial charge in [-0.15, -0.1) is 0 Å². The molecular formula is C21H23NO4. The molecule has 0 saturated carbocycles. The summed E-state index contributed by atoms with van der Waals surface area (Å²) in [5.41, 5.74) is 1.65. The number of Topliss-reactive ketones (excluding diaryl/α,β-unsaturated/α-hetero) is 1. The molecule has 0 aliphatic carbocycles. The molecule has 1 unspecified atom stereocenters. The van der Waals surface area contributed by atoms with Crippen LogP contribution in [0.5, 0.6) is 0 Å². The number of hydrogen-bond acceptors (Lipinski definition) is 4. The number of aliphatic hydroxyl groups excluding tert-OH is 1. The van der Waals surface area contributed by atoms with Crippen LogP contribution in [0.3, 0.4) is 0 Å². The zero-order chi connectivity index (χ0) is 18.7. The quantitative estimate of drug-likeness (QED) is 0.366. The van der Waals surface area contributed by atoms with Crippen LogP contribution in [0.2, 0.25) is 0 Å². The molecule has 1 N–H and O–H groups in total. The van der Waals surface area contributed by atoms with Crippen molar-refractivity contribution in [2.75, 3.05) is 6.54 Å². The van der Waals surface area contributed by atoms with Crippen LogP contribution >= 0.6 is 0 Å². The lowest BCUT2D eigenvalue weighted by Gasteiger charge is -2.23. The summed E-state index contributed by atoms with van der Waals surface area (Å²) in [6.07, 6.45) is 4.28. The summed E-state index contributed by atoms with van der Waals surface area (Å²) in [5, 5.41) is 10.8. The highest BCUT2D eigenvalue weighted by atomic mass is 16.3. The second kappa shape index (κ2) is 7.60. The Morgan fingerprint density at radius 3 is 2.50 bits per heavy atom. The third-order valence-electron chi connectivity index (χ3n) is 4.68. The molecule has 1 aromatic heterocycles. The largest absolute Gasteiger partial charge is 0.507 e. The van der Waals surface area contributed by atoms with Crippen LogP contribution in [0.1, 0.15) is 49.1 Å². The molecule has 26 heavy (non-hydrogen) atoms. The molecule has 1 saturated heterocycles. The fraction of sp³-hybridized carbons (Fsp3) is 0.333. The third-order valence-corrected chi connectivity index (χ3v) is 4.68. The predicted molar refractivity (Wildman–Crippen MR) is 98.4 cm³/mol. The summed E-state index contributed by atoms with van der Waals surface area (Å²) < 4.78 is 5.49. The van der Waals surface area contributed by atoms with Crippen LogP contribution in [0.15, 0.2) is 52.7 Å². The minimum Gasteiger partial charge on any atom is -0.507 e. The normalized spacial score (nSPS) is 19.3. The summed E-state index contributed by atoms with van der Waals surface area (Å²) in [7, 11) is 0. The van der Waals surface area contributed by atoms with Gasteiger partial charge in [0.2, 0.25) is 0 Å². The molecule has 1 fully saturated rings. The smallest absolute Gasteiger partial charge is 0.295 e. The SMILES string of the molecule is CCCCCN1C(=O)C(=O)/C(=C(\O)c2ccc(C)cc2)C1c1ccco1. The van der Waals surface area contributed by atoms with Crippen molar-refractivity contribution in [1.29, 1.82) is 0 Å². The van der Waals surface area contributed by atoms with Gasteiger partial charge in [0.25, 0.3) is 11.7 Å². The Morgan fingerprint density at radius 1 is 1.15 bits per heavy atom. The number of rotatable bonds is 6. The topological polar surface area (TPSA) is 70.8 Å². The number of hydrogen-bond donors (Lipinski definition) is 1. The number of aliphatic hydroxyl groups is 1. The number of carbonyl (C=O) groups excluding carboxylic acids is 2. The predicted octanol–water partition coefficient (Wildman–Crippen LogP) is 4.20. The van der Waals surface area contributed by atoms with Crippen LogP contribution in [-0.4, -0.2) is 28.2 Å². The van der Waals surface area contributed by atoms with Gasteiger partial charge in [0.15, 0.2) is 0 Å². The highest BCUT2D eigenvalue weighted by Crippen LogP contribution is 2.39. The Balaban J connectivity index is 2.06. The third kappa shape index (κ3) is 3.29. The van der Waals surface area contributed by atoms with E-state index in [2.05, 4.69) is 6.92 Å². The van der Waals surface area contributed by atoms with E-state index in [1.165, 1.54) is 11.2 Å². The van der Waals surface area contributed by atoms with E-state index in [1.807, 2.05) is 19.1 Å². The van der Waals surface area contributed by atoms with E-state index in [-0.39, 0.29) is 11.3 Å². The Kier molecular flexibility index (Phi) is 5.26. The molecule has 1 aliphatic rings. The van der Waals surface area contributed by atoms with E-state index in [0.29, 0.717) is 17.9 Å². The summed E-state index contributed by atoms with van der Waals surface area (Å²) in [6, 6.07) is 9.95. The minimum atomic E-state index is -0.692. The Morgan fingerprint density at radius 2 is 1.88 bits per heavy atom. The molecule has 1 aromatic carbocycles. The van der Waals surface area contributed by atoms with E-state index in [1.54, 1.807) is 24.3 Å². The van der Waals surface area contributed by atoms with Crippen molar-refractivity contribution in [2.45, 2.75) is 39.2 Å². The van der Waals surface area contributed by atoms with E-state index < -0.39 is 17.7 Å². The first-order valence-electron chi connectivity index (χ1n) is 8.93. The van der Waals surface area contributed by atoms with Crippen molar-refractivity contribution >= 4 is 17.4 Å². The number of ketones is 1. The summed E-state index contributed by atoms with van der Waals surface area (Å²) in [5.74, 6) is -0.936. The molecule has 3 rings (SSSR count). The van der Waals surface area contributed by atoms with Crippen molar-refractivity contribution in [1.82, 2.24) is 4.90 Å². The Labute approximate surface area is 152 Å². The lowest BCUT2D eigenvalue weighted by molar-refractivity contribution is -0.140. The Hall–Kier alpha value is -2.82. The maximum atomic E-state index is 12.7. The average molecular weight is 353 g/mol. The fourth-order valence-corrected chi connectivity index (χ4v) is 3.25. The van der Waals surface area contributed by atoms with Gasteiger partial charge in [0, 0.05) is 12.1 Å². The van der Waals surface area contributed by atoms with Crippen molar-refractivity contribution in [2.24, 2.45) is 0 Å². The van der Waals surface area contributed by atoms with E-state index in [9.17, 15) is 14.7 Å². The van der Waals surface area contributed by atoms with Gasteiger partial charge in [-0.2, -0.15) is 0 Å². The van der Waals surface area contributed by atoms with Gasteiger partial charge in [0.1, 0.15) is 17.6 Å². The molecule has 5 nitrogen and oxygen atoms in total. The summed E-state index contributed by atoms with van der Waals surface area (Å²) in [4.78, 5) is 26.8. The van der Waals surface area contributed by atoms with Crippen molar-refractivity contribution in [3.63, 3.8) is 0 Å². The van der Waals surface area contributed by atoms with Gasteiger partial charge in [-0.1, -0.05) is 49.6 Å². The first-order valence-corrected chi connectivity index (χ1v) is 8.93. The number of aryl methyl sites for hydroxylation is 1. The molecule has 0 bridgehead atoms. The van der Waals surface area contributed by atoms with E-state index >= 15 is 0 Å². The second-order valence-corrected chi connectivity index (χ2v) is 6.58. The molecule has 136 valence electrons. The van der Waals surface area contributed by atoms with Crippen LogP contribution in [-0.2, 0) is 9.59 Å². The van der Waals surface area contributed by atoms with Gasteiger partial charge in [-0.3, -0.25) is 9.59 Å². The van der Waals surface area contributed by atoms with Crippen molar-refractivity contribution in [3.8, 4) is 0 Å². The number of unbranched alkanes of at least 4 members (excludes halogenated alkanes) is 2. The molecule has 2 aromatic rings. The number of nitrogens with zero attached hydrogens (tertiary/aromatic N) is 1. The van der Waals surface area contributed by atoms with Gasteiger partial charge < -0.3 is 14.4 Å². The van der Waals surface area contributed by atoms with Crippen LogP contribution < -0.4 is 0 Å². The lowest BCUT2D eigenvalue weighted by atomic mass is 9.99. The Bertz CT molecular complexity index is 818. The van der Waals surface area contributed by atoms with Crippen molar-refractivity contribution in [3.05, 3.63) is 65.1 Å². The molecule has 0 radical (unpaired) electrons. The van der Waals surface area contributed by atoms with Gasteiger partial charge >= 0.3 is 0 Å². The van der Waals surface area contributed by atoms with Gasteiger partial charge in [0.05, 0.1) is 11.8 Å². The molecular weight excluding hydrogens is 330 g/mol. The van der Waals surface area contributed by atoms with Crippen molar-refractivity contribution < 1.29 is 19.1 Å². The van der Waals surface area contributed by atoms with Gasteiger partial charge in [-0.25, -0.2) is 0 Å². The highest BCUT2D eigenvalue weighted by molar-refractivity contribution is 6.46. The number of furan rings is 1. The summed E-state index contributed by atoms with van der Waals surface area (Å²) >= 11 is 0. The molecule has 2 heterocycles. The molecule has 1 aliphatic heterocycles. The maximum absolute atomic E-state index is 12.7. The molecule has 0 spiro atoms. The number of carbonyl (C=O) groups is 2. The maximum Gasteiger partial charge on any atom is 0.295 e. The first-order chi connectivity index (χ1) is 12.5. The highest BCUT2D eigenvalue weighted by Gasteiger charge is 2.47. The molecule has 5 heteroatoms. The number of amides is 1. The van der Waals surface area contributed by atoms with Gasteiger partial charge in [-0.05, 0) is 25.5 Å². The zero-order valence-corrected chi connectivity index (χ0v) is 15.1. The second-order valence-electron chi connectivity index (χ2n) is 6.58. The lowest BCUT2D eigenvalue weighted by Crippen LogP contribution is -2.30. The van der Waals surface area contributed by atoms with E-state index in [4.69, 9.17) is 4.42 Å². The fourth-order valence-electron chi connectivity index (χ4n) is 3.25. The standard InChI is InChI=1S/C21H23NO4/c1-3-4-5-12-22-18(16-7-6-13-26-16)17(20(24)21(22)25)19(23)15-10-8-14(2)9-11-15/h6-11,13,18,23H,3-5,12H2,1-2H3/b19-17-. The summed E-state index contributed by atoms with van der Waals surface area (Å²) in [6.45, 7) is 4.48. The monoisotopic (exact) mass is 353 g/mol. The molecule has 1 amide bonds. The van der Waals surface area contributed by atoms with Crippen LogP contribution in [0.4, 0.5) is 0 Å². The average Bonchev–Trinajstić information content (AvgIpc) is 3.24. The zero-order valence-electron chi connectivity index (χ0n) is 15.1. The van der Waals surface area contributed by atoms with Crippen LogP contribution in [0.25, 0.3) is 5.76 Å².